The predicted molar refractivity (Wildman–Crippen MR) is 106 cm³/mol. The van der Waals surface area contributed by atoms with Crippen molar-refractivity contribution in [2.24, 2.45) is 0 Å². The zero-order valence-electron chi connectivity index (χ0n) is 13.6. The third-order valence-electron chi connectivity index (χ3n) is 3.94. The van der Waals surface area contributed by atoms with E-state index in [-0.39, 0.29) is 5.28 Å². The number of anilines is 1. The van der Waals surface area contributed by atoms with Crippen LogP contribution in [0.5, 0.6) is 0 Å². The third kappa shape index (κ3) is 3.37. The van der Waals surface area contributed by atoms with E-state index < -0.39 is 0 Å². The van der Waals surface area contributed by atoms with Gasteiger partial charge in [-0.1, -0.05) is 28.1 Å². The molecule has 4 nitrogen and oxygen atoms in total. The highest BCUT2D eigenvalue weighted by molar-refractivity contribution is 9.10. The molecule has 25 heavy (non-hydrogen) atoms. The standard InChI is InChI=1S/C19H14BrClN4/c1-10-6-12(4-3-5-22)7-11(2)16(10)14-8-13(20)9-15-17(14)24-19(21)25-18(15)23/h3-4,6-9H,1-2H3,(H2,23,24,25). The fourth-order valence-corrected chi connectivity index (χ4v) is 3.67. The van der Waals surface area contributed by atoms with Gasteiger partial charge in [0.15, 0.2) is 0 Å². The molecule has 0 unspecified atom stereocenters. The number of nitrogen functional groups attached to an aromatic ring is 1. The summed E-state index contributed by atoms with van der Waals surface area (Å²) in [6.07, 6.45) is 3.26. The molecule has 2 aromatic carbocycles. The normalized spacial score (nSPS) is 11.2. The number of aryl methyl sites for hydroxylation is 2. The number of halogens is 2. The highest BCUT2D eigenvalue weighted by Gasteiger charge is 2.15. The molecule has 3 aromatic rings. The number of benzene rings is 2. The largest absolute Gasteiger partial charge is 0.383 e. The van der Waals surface area contributed by atoms with Gasteiger partial charge in [0.2, 0.25) is 5.28 Å². The van der Waals surface area contributed by atoms with Crippen molar-refractivity contribution in [1.82, 2.24) is 9.97 Å². The molecule has 124 valence electrons. The molecule has 0 aliphatic carbocycles. The zero-order valence-corrected chi connectivity index (χ0v) is 16.0. The SMILES string of the molecule is Cc1cc(C=CC#N)cc(C)c1-c1cc(Br)cc2c(N)nc(Cl)nc12. The number of aromatic nitrogens is 2. The van der Waals surface area contributed by atoms with Gasteiger partial charge in [-0.25, -0.2) is 9.97 Å². The number of nitrogens with zero attached hydrogens (tertiary/aromatic N) is 3. The van der Waals surface area contributed by atoms with Gasteiger partial charge in [-0.3, -0.25) is 0 Å². The van der Waals surface area contributed by atoms with Crippen LogP contribution in [-0.2, 0) is 0 Å². The monoisotopic (exact) mass is 412 g/mol. The minimum absolute atomic E-state index is 0.123. The maximum absolute atomic E-state index is 8.72. The van der Waals surface area contributed by atoms with E-state index >= 15 is 0 Å². The number of rotatable bonds is 2. The minimum atomic E-state index is 0.123. The van der Waals surface area contributed by atoms with Crippen LogP contribution < -0.4 is 5.73 Å². The number of hydrogen-bond acceptors (Lipinski definition) is 4. The van der Waals surface area contributed by atoms with Crippen LogP contribution in [0.4, 0.5) is 5.82 Å². The summed E-state index contributed by atoms with van der Waals surface area (Å²) >= 11 is 9.57. The second kappa shape index (κ2) is 6.83. The van der Waals surface area contributed by atoms with E-state index in [0.717, 1.165) is 37.7 Å². The van der Waals surface area contributed by atoms with E-state index in [4.69, 9.17) is 22.6 Å². The molecule has 1 aromatic heterocycles. The number of nitrogens with two attached hydrogens (primary N) is 1. The van der Waals surface area contributed by atoms with Crippen molar-refractivity contribution in [2.45, 2.75) is 13.8 Å². The Balaban J connectivity index is 2.34. The Hall–Kier alpha value is -2.42. The Kier molecular flexibility index (Phi) is 4.76. The van der Waals surface area contributed by atoms with E-state index in [1.165, 1.54) is 6.08 Å². The fraction of sp³-hybridized carbons (Fsp3) is 0.105. The van der Waals surface area contributed by atoms with Crippen LogP contribution in [0.3, 0.4) is 0 Å². The molecule has 6 heteroatoms. The highest BCUT2D eigenvalue weighted by Crippen LogP contribution is 2.37. The highest BCUT2D eigenvalue weighted by atomic mass is 79.9. The first-order chi connectivity index (χ1) is 11.9. The Labute approximate surface area is 159 Å². The maximum Gasteiger partial charge on any atom is 0.224 e. The first-order valence-electron chi connectivity index (χ1n) is 7.50. The second-order valence-electron chi connectivity index (χ2n) is 5.72. The molecule has 0 bridgehead atoms. The van der Waals surface area contributed by atoms with E-state index in [1.807, 2.05) is 44.2 Å². The van der Waals surface area contributed by atoms with Gasteiger partial charge in [0.25, 0.3) is 0 Å². The van der Waals surface area contributed by atoms with E-state index in [2.05, 4.69) is 25.9 Å². The predicted octanol–water partition coefficient (Wildman–Crippen LogP) is 5.45. The molecule has 0 fully saturated rings. The van der Waals surface area contributed by atoms with Crippen molar-refractivity contribution in [2.75, 3.05) is 5.73 Å². The summed E-state index contributed by atoms with van der Waals surface area (Å²) < 4.78 is 0.889. The van der Waals surface area contributed by atoms with Gasteiger partial charge in [0.1, 0.15) is 5.82 Å². The average Bonchev–Trinajstić information content (AvgIpc) is 2.53. The average molecular weight is 414 g/mol. The molecular formula is C19H14BrClN4. The molecule has 0 spiro atoms. The number of fused-ring (bicyclic) bond motifs is 1. The Morgan fingerprint density at radius 1 is 1.16 bits per heavy atom. The summed E-state index contributed by atoms with van der Waals surface area (Å²) in [5.41, 5.74) is 11.9. The molecule has 3 rings (SSSR count). The summed E-state index contributed by atoms with van der Waals surface area (Å²) in [7, 11) is 0. The van der Waals surface area contributed by atoms with Crippen molar-refractivity contribution in [3.05, 3.63) is 56.8 Å². The smallest absolute Gasteiger partial charge is 0.224 e. The van der Waals surface area contributed by atoms with Crippen molar-refractivity contribution < 1.29 is 0 Å². The first kappa shape index (κ1) is 17.4. The molecule has 0 saturated heterocycles. The van der Waals surface area contributed by atoms with Crippen molar-refractivity contribution in [3.63, 3.8) is 0 Å². The molecule has 0 atom stereocenters. The van der Waals surface area contributed by atoms with Crippen LogP contribution in [0.15, 0.2) is 34.8 Å². The summed E-state index contributed by atoms with van der Waals surface area (Å²) in [4.78, 5) is 8.45. The molecular weight excluding hydrogens is 400 g/mol. The van der Waals surface area contributed by atoms with Gasteiger partial charge in [0, 0.05) is 21.5 Å². The van der Waals surface area contributed by atoms with E-state index in [0.29, 0.717) is 11.3 Å². The lowest BCUT2D eigenvalue weighted by Gasteiger charge is -2.15. The Bertz CT molecular complexity index is 1040. The lowest BCUT2D eigenvalue weighted by molar-refractivity contribution is 1.23. The van der Waals surface area contributed by atoms with Crippen molar-refractivity contribution >= 4 is 50.3 Å². The Morgan fingerprint density at radius 2 is 1.84 bits per heavy atom. The topological polar surface area (TPSA) is 75.6 Å². The van der Waals surface area contributed by atoms with Crippen LogP contribution in [-0.4, -0.2) is 9.97 Å². The van der Waals surface area contributed by atoms with Crippen LogP contribution in [0.25, 0.3) is 28.1 Å². The first-order valence-corrected chi connectivity index (χ1v) is 8.68. The molecule has 1 heterocycles. The number of nitriles is 1. The lowest BCUT2D eigenvalue weighted by Crippen LogP contribution is -1.98. The molecule has 0 saturated carbocycles. The van der Waals surface area contributed by atoms with Gasteiger partial charge < -0.3 is 5.73 Å². The number of hydrogen-bond donors (Lipinski definition) is 1. The van der Waals surface area contributed by atoms with Crippen LogP contribution in [0.2, 0.25) is 5.28 Å². The summed E-state index contributed by atoms with van der Waals surface area (Å²) in [6.45, 7) is 4.07. The second-order valence-corrected chi connectivity index (χ2v) is 6.97. The molecule has 0 aliphatic rings. The summed E-state index contributed by atoms with van der Waals surface area (Å²) in [5, 5.41) is 9.59. The minimum Gasteiger partial charge on any atom is -0.383 e. The van der Waals surface area contributed by atoms with Crippen LogP contribution >= 0.6 is 27.5 Å². The van der Waals surface area contributed by atoms with Gasteiger partial charge in [0.05, 0.1) is 11.6 Å². The van der Waals surface area contributed by atoms with Gasteiger partial charge in [-0.15, -0.1) is 0 Å². The van der Waals surface area contributed by atoms with Gasteiger partial charge in [-0.2, -0.15) is 5.26 Å². The number of allylic oxidation sites excluding steroid dienone is 1. The van der Waals surface area contributed by atoms with Crippen LogP contribution in [0, 0.1) is 25.2 Å². The van der Waals surface area contributed by atoms with Crippen molar-refractivity contribution in [1.29, 1.82) is 5.26 Å². The molecule has 2 N–H and O–H groups in total. The van der Waals surface area contributed by atoms with E-state index in [9.17, 15) is 0 Å². The maximum atomic E-state index is 8.72. The van der Waals surface area contributed by atoms with Crippen LogP contribution in [0.1, 0.15) is 16.7 Å². The van der Waals surface area contributed by atoms with Gasteiger partial charge >= 0.3 is 0 Å². The zero-order chi connectivity index (χ0) is 18.1. The summed E-state index contributed by atoms with van der Waals surface area (Å²) in [6, 6.07) is 9.98. The van der Waals surface area contributed by atoms with E-state index in [1.54, 1.807) is 6.08 Å². The quantitative estimate of drug-likeness (QED) is 0.448. The lowest BCUT2D eigenvalue weighted by atomic mass is 9.92. The molecule has 0 radical (unpaired) electrons. The van der Waals surface area contributed by atoms with Crippen molar-refractivity contribution in [3.8, 4) is 17.2 Å². The fourth-order valence-electron chi connectivity index (χ4n) is 3.03. The third-order valence-corrected chi connectivity index (χ3v) is 4.57. The summed E-state index contributed by atoms with van der Waals surface area (Å²) in [5.74, 6) is 0.349. The Morgan fingerprint density at radius 3 is 2.48 bits per heavy atom. The molecule has 0 aliphatic heterocycles. The van der Waals surface area contributed by atoms with Gasteiger partial charge in [-0.05, 0) is 65.9 Å². The molecule has 0 amide bonds.